The lowest BCUT2D eigenvalue weighted by molar-refractivity contribution is -0.385. The molecular weight excluding hydrogens is 390 g/mol. The number of halogens is 2. The molecule has 1 amide bonds. The first kappa shape index (κ1) is 22.0. The van der Waals surface area contributed by atoms with Crippen molar-refractivity contribution in [1.29, 1.82) is 0 Å². The molecule has 0 aliphatic heterocycles. The summed E-state index contributed by atoms with van der Waals surface area (Å²) in [4.78, 5) is 28.5. The van der Waals surface area contributed by atoms with E-state index in [1.54, 1.807) is 32.2 Å². The first-order chi connectivity index (χ1) is 13.7. The van der Waals surface area contributed by atoms with E-state index in [-0.39, 0.29) is 30.3 Å². The van der Waals surface area contributed by atoms with Gasteiger partial charge in [0.15, 0.2) is 11.5 Å². The molecule has 1 aromatic heterocycles. The van der Waals surface area contributed by atoms with Gasteiger partial charge >= 0.3 is 6.61 Å². The van der Waals surface area contributed by atoms with Crippen molar-refractivity contribution in [3.8, 4) is 11.5 Å². The molecule has 2 rings (SSSR count). The molecule has 1 heterocycles. The summed E-state index contributed by atoms with van der Waals surface area (Å²) in [5.74, 6) is -0.487. The third kappa shape index (κ3) is 6.35. The van der Waals surface area contributed by atoms with E-state index < -0.39 is 23.0 Å². The molecule has 0 spiro atoms. The fraction of sp³-hybridized carbons (Fsp3) is 0.333. The number of amides is 1. The van der Waals surface area contributed by atoms with Crippen LogP contribution in [-0.4, -0.2) is 48.0 Å². The van der Waals surface area contributed by atoms with Crippen molar-refractivity contribution >= 4 is 17.4 Å². The van der Waals surface area contributed by atoms with E-state index in [0.717, 1.165) is 11.8 Å². The maximum atomic E-state index is 12.5. The number of benzene rings is 1. The number of aromatic nitrogens is 1. The van der Waals surface area contributed by atoms with E-state index in [2.05, 4.69) is 15.0 Å². The van der Waals surface area contributed by atoms with Crippen LogP contribution in [0.3, 0.4) is 0 Å². The second kappa shape index (κ2) is 9.73. The molecule has 156 valence electrons. The summed E-state index contributed by atoms with van der Waals surface area (Å²) in [5, 5.41) is 14.0. The number of aryl methyl sites for hydroxylation is 1. The molecule has 1 aromatic carbocycles. The van der Waals surface area contributed by atoms with Crippen molar-refractivity contribution in [2.24, 2.45) is 0 Å². The predicted octanol–water partition coefficient (Wildman–Crippen LogP) is 2.98. The van der Waals surface area contributed by atoms with Gasteiger partial charge in [-0.1, -0.05) is 6.07 Å². The second-order valence-electron chi connectivity index (χ2n) is 6.15. The fourth-order valence-corrected chi connectivity index (χ4v) is 2.62. The van der Waals surface area contributed by atoms with E-state index >= 15 is 0 Å². The molecule has 0 unspecified atom stereocenters. The van der Waals surface area contributed by atoms with Crippen molar-refractivity contribution in [1.82, 2.24) is 9.88 Å². The Labute approximate surface area is 165 Å². The van der Waals surface area contributed by atoms with E-state index in [1.165, 1.54) is 18.1 Å². The molecule has 11 heteroatoms. The van der Waals surface area contributed by atoms with E-state index in [9.17, 15) is 23.7 Å². The lowest BCUT2D eigenvalue weighted by Crippen LogP contribution is -2.30. The Morgan fingerprint density at radius 2 is 2.07 bits per heavy atom. The monoisotopic (exact) mass is 410 g/mol. The molecule has 0 saturated carbocycles. The smallest absolute Gasteiger partial charge is 0.387 e. The van der Waals surface area contributed by atoms with E-state index in [4.69, 9.17) is 4.74 Å². The molecule has 1 N–H and O–H groups in total. The molecule has 0 fully saturated rings. The molecule has 0 saturated heterocycles. The van der Waals surface area contributed by atoms with Crippen LogP contribution in [0.25, 0.3) is 0 Å². The van der Waals surface area contributed by atoms with Crippen molar-refractivity contribution in [2.45, 2.75) is 20.1 Å². The summed E-state index contributed by atoms with van der Waals surface area (Å²) in [6.45, 7) is -1.45. The van der Waals surface area contributed by atoms with Crippen LogP contribution in [0.4, 0.5) is 20.3 Å². The summed E-state index contributed by atoms with van der Waals surface area (Å²) in [6.07, 6.45) is 0. The van der Waals surface area contributed by atoms with Crippen LogP contribution in [0.1, 0.15) is 11.3 Å². The van der Waals surface area contributed by atoms with Crippen molar-refractivity contribution < 1.29 is 28.0 Å². The highest BCUT2D eigenvalue weighted by Crippen LogP contribution is 2.36. The van der Waals surface area contributed by atoms with Gasteiger partial charge in [-0.2, -0.15) is 8.78 Å². The highest BCUT2D eigenvalue weighted by molar-refractivity contribution is 5.91. The SMILES string of the molecule is COc1cc(CN(C)CC(=O)Nc2cccc(C)n2)c([N+](=O)[O-])cc1OC(F)F. The highest BCUT2D eigenvalue weighted by atomic mass is 19.3. The minimum Gasteiger partial charge on any atom is -0.493 e. The Kier molecular flexibility index (Phi) is 7.37. The van der Waals surface area contributed by atoms with Gasteiger partial charge in [-0.15, -0.1) is 0 Å². The highest BCUT2D eigenvalue weighted by Gasteiger charge is 2.23. The van der Waals surface area contributed by atoms with Gasteiger partial charge < -0.3 is 14.8 Å². The number of hydrogen-bond donors (Lipinski definition) is 1. The Morgan fingerprint density at radius 1 is 1.34 bits per heavy atom. The Hall–Kier alpha value is -3.34. The average Bonchev–Trinajstić information content (AvgIpc) is 2.61. The maximum Gasteiger partial charge on any atom is 0.387 e. The zero-order chi connectivity index (χ0) is 21.6. The molecule has 9 nitrogen and oxygen atoms in total. The van der Waals surface area contributed by atoms with Crippen LogP contribution < -0.4 is 14.8 Å². The van der Waals surface area contributed by atoms with Crippen LogP contribution in [0.5, 0.6) is 11.5 Å². The minimum atomic E-state index is -3.16. The minimum absolute atomic E-state index is 0.00367. The maximum absolute atomic E-state index is 12.5. The summed E-state index contributed by atoms with van der Waals surface area (Å²) in [7, 11) is 2.82. The Bertz CT molecular complexity index is 895. The van der Waals surface area contributed by atoms with Crippen molar-refractivity contribution in [2.75, 3.05) is 26.0 Å². The van der Waals surface area contributed by atoms with Gasteiger partial charge in [-0.05, 0) is 32.2 Å². The number of nitro groups is 1. The summed E-state index contributed by atoms with van der Waals surface area (Å²) < 4.78 is 34.3. The lowest BCUT2D eigenvalue weighted by atomic mass is 10.1. The van der Waals surface area contributed by atoms with Gasteiger partial charge in [0.1, 0.15) is 5.82 Å². The van der Waals surface area contributed by atoms with Gasteiger partial charge in [0.25, 0.3) is 5.69 Å². The molecule has 0 bridgehead atoms. The molecule has 2 aromatic rings. The summed E-state index contributed by atoms with van der Waals surface area (Å²) in [5.41, 5.74) is 0.497. The largest absolute Gasteiger partial charge is 0.493 e. The second-order valence-corrected chi connectivity index (χ2v) is 6.15. The van der Waals surface area contributed by atoms with Crippen molar-refractivity contribution in [3.05, 3.63) is 51.7 Å². The first-order valence-corrected chi connectivity index (χ1v) is 8.41. The normalized spacial score (nSPS) is 10.9. The van der Waals surface area contributed by atoms with Crippen LogP contribution >= 0.6 is 0 Å². The number of nitrogens with one attached hydrogen (secondary N) is 1. The average molecular weight is 410 g/mol. The van der Waals surface area contributed by atoms with Crippen LogP contribution in [-0.2, 0) is 11.3 Å². The topological polar surface area (TPSA) is 107 Å². The lowest BCUT2D eigenvalue weighted by Gasteiger charge is -2.18. The van der Waals surface area contributed by atoms with Gasteiger partial charge in [-0.25, -0.2) is 4.98 Å². The standard InChI is InChI=1S/C18H20F2N4O5/c1-11-5-4-6-16(21-11)22-17(25)10-23(2)9-12-7-14(28-3)15(29-18(19)20)8-13(12)24(26)27/h4-8,18H,9-10H2,1-3H3,(H,21,22,25). The zero-order valence-electron chi connectivity index (χ0n) is 16.0. The number of nitrogens with zero attached hydrogens (tertiary/aromatic N) is 3. The molecule has 29 heavy (non-hydrogen) atoms. The molecule has 0 aliphatic rings. The summed E-state index contributed by atoms with van der Waals surface area (Å²) in [6, 6.07) is 7.30. The number of methoxy groups -OCH3 is 1. The van der Waals surface area contributed by atoms with Gasteiger partial charge in [-0.3, -0.25) is 19.8 Å². The van der Waals surface area contributed by atoms with Gasteiger partial charge in [0.05, 0.1) is 24.6 Å². The van der Waals surface area contributed by atoms with Crippen LogP contribution in [0.2, 0.25) is 0 Å². The third-order valence-corrected chi connectivity index (χ3v) is 3.79. The zero-order valence-corrected chi connectivity index (χ0v) is 16.0. The summed E-state index contributed by atoms with van der Waals surface area (Å²) >= 11 is 0. The number of ether oxygens (including phenoxy) is 2. The number of rotatable bonds is 9. The third-order valence-electron chi connectivity index (χ3n) is 3.79. The number of nitro benzene ring substituents is 1. The number of hydrogen-bond acceptors (Lipinski definition) is 7. The molecule has 0 aliphatic carbocycles. The number of anilines is 1. The Morgan fingerprint density at radius 3 is 2.66 bits per heavy atom. The van der Waals surface area contributed by atoms with Crippen molar-refractivity contribution in [3.63, 3.8) is 0 Å². The van der Waals surface area contributed by atoms with E-state index in [1.807, 2.05) is 0 Å². The van der Waals surface area contributed by atoms with Crippen LogP contribution in [0.15, 0.2) is 30.3 Å². The predicted molar refractivity (Wildman–Crippen MR) is 100 cm³/mol. The van der Waals surface area contributed by atoms with Crippen LogP contribution in [0, 0.1) is 17.0 Å². The number of alkyl halides is 2. The Balaban J connectivity index is 2.14. The number of likely N-dealkylation sites (N-methyl/N-ethyl adjacent to an activating group) is 1. The molecular formula is C18H20F2N4O5. The van der Waals surface area contributed by atoms with Gasteiger partial charge in [0.2, 0.25) is 5.91 Å². The first-order valence-electron chi connectivity index (χ1n) is 8.41. The fourth-order valence-electron chi connectivity index (χ4n) is 2.62. The molecule has 0 atom stereocenters. The van der Waals surface area contributed by atoms with Gasteiger partial charge in [0, 0.05) is 17.8 Å². The van der Waals surface area contributed by atoms with E-state index in [0.29, 0.717) is 5.82 Å². The number of carbonyl (C=O) groups is 1. The number of pyridine rings is 1. The molecule has 0 radical (unpaired) electrons. The number of carbonyl (C=O) groups excluding carboxylic acids is 1. The quantitative estimate of drug-likeness (QED) is 0.500.